The van der Waals surface area contributed by atoms with Crippen molar-refractivity contribution in [1.82, 2.24) is 25.0 Å². The highest BCUT2D eigenvalue weighted by Crippen LogP contribution is 2.24. The summed E-state index contributed by atoms with van der Waals surface area (Å²) >= 11 is 0. The van der Waals surface area contributed by atoms with Gasteiger partial charge in [-0.3, -0.25) is 9.78 Å². The van der Waals surface area contributed by atoms with Gasteiger partial charge in [0.05, 0.1) is 11.4 Å². The van der Waals surface area contributed by atoms with Crippen molar-refractivity contribution in [3.05, 3.63) is 66.6 Å². The number of likely N-dealkylation sites (tertiary alicyclic amines) is 1. The maximum absolute atomic E-state index is 12.7. The molecule has 0 aliphatic carbocycles. The molecule has 3 N–H and O–H groups in total. The second kappa shape index (κ2) is 7.53. The Morgan fingerprint density at radius 3 is 2.64 bits per heavy atom. The molecule has 3 heterocycles. The average molecular weight is 376 g/mol. The SMILES string of the molecule is CN1CCC(N)(C(=O)NCc2cn(-c3ccccc3)nc2-c2ccncc2)C1. The van der Waals surface area contributed by atoms with Crippen LogP contribution in [0.2, 0.25) is 0 Å². The molecule has 144 valence electrons. The van der Waals surface area contributed by atoms with Crippen LogP contribution in [0.15, 0.2) is 61.1 Å². The van der Waals surface area contributed by atoms with E-state index in [0.717, 1.165) is 29.1 Å². The Bertz CT molecular complexity index is 956. The number of carbonyl (C=O) groups is 1. The molecule has 1 atom stereocenters. The summed E-state index contributed by atoms with van der Waals surface area (Å²) in [4.78, 5) is 18.9. The molecule has 1 aliphatic heterocycles. The van der Waals surface area contributed by atoms with Crippen LogP contribution in [0.5, 0.6) is 0 Å². The van der Waals surface area contributed by atoms with Crippen LogP contribution in [0.4, 0.5) is 0 Å². The summed E-state index contributed by atoms with van der Waals surface area (Å²) in [7, 11) is 1.98. The van der Waals surface area contributed by atoms with E-state index >= 15 is 0 Å². The van der Waals surface area contributed by atoms with Crippen LogP contribution in [0.1, 0.15) is 12.0 Å². The summed E-state index contributed by atoms with van der Waals surface area (Å²) in [6.45, 7) is 1.77. The number of nitrogens with one attached hydrogen (secondary N) is 1. The minimum Gasteiger partial charge on any atom is -0.350 e. The lowest BCUT2D eigenvalue weighted by Crippen LogP contribution is -2.55. The highest BCUT2D eigenvalue weighted by atomic mass is 16.2. The van der Waals surface area contributed by atoms with Crippen molar-refractivity contribution in [3.8, 4) is 16.9 Å². The van der Waals surface area contributed by atoms with Gasteiger partial charge in [-0.05, 0) is 37.7 Å². The van der Waals surface area contributed by atoms with E-state index < -0.39 is 5.54 Å². The molecule has 0 bridgehead atoms. The zero-order chi connectivity index (χ0) is 19.6. The number of carbonyl (C=O) groups excluding carboxylic acids is 1. The molecular formula is C21H24N6O. The third-order valence-corrected chi connectivity index (χ3v) is 5.15. The zero-order valence-corrected chi connectivity index (χ0v) is 15.9. The molecule has 3 aromatic rings. The Morgan fingerprint density at radius 1 is 1.21 bits per heavy atom. The van der Waals surface area contributed by atoms with Crippen molar-refractivity contribution in [3.63, 3.8) is 0 Å². The van der Waals surface area contributed by atoms with E-state index in [0.29, 0.717) is 19.5 Å². The van der Waals surface area contributed by atoms with Gasteiger partial charge in [0, 0.05) is 49.4 Å². The van der Waals surface area contributed by atoms with E-state index in [9.17, 15) is 4.79 Å². The molecule has 1 fully saturated rings. The second-order valence-electron chi connectivity index (χ2n) is 7.35. The van der Waals surface area contributed by atoms with Crippen LogP contribution in [-0.4, -0.2) is 51.2 Å². The Hall–Kier alpha value is -3.03. The minimum absolute atomic E-state index is 0.120. The van der Waals surface area contributed by atoms with Gasteiger partial charge in [-0.25, -0.2) is 4.68 Å². The van der Waals surface area contributed by atoms with Crippen LogP contribution >= 0.6 is 0 Å². The van der Waals surface area contributed by atoms with Crippen LogP contribution in [0.25, 0.3) is 16.9 Å². The first-order chi connectivity index (χ1) is 13.5. The maximum atomic E-state index is 12.7. The Balaban J connectivity index is 1.60. The van der Waals surface area contributed by atoms with Gasteiger partial charge in [-0.2, -0.15) is 5.10 Å². The summed E-state index contributed by atoms with van der Waals surface area (Å²) in [5.41, 5.74) is 9.15. The third kappa shape index (κ3) is 3.67. The average Bonchev–Trinajstić information content (AvgIpc) is 3.31. The maximum Gasteiger partial charge on any atom is 0.241 e. The molecule has 1 aromatic carbocycles. The van der Waals surface area contributed by atoms with E-state index in [4.69, 9.17) is 10.8 Å². The molecular weight excluding hydrogens is 352 g/mol. The number of rotatable bonds is 5. The highest BCUT2D eigenvalue weighted by molar-refractivity contribution is 5.87. The largest absolute Gasteiger partial charge is 0.350 e. The molecule has 0 spiro atoms. The number of pyridine rings is 1. The first-order valence-electron chi connectivity index (χ1n) is 9.35. The second-order valence-corrected chi connectivity index (χ2v) is 7.35. The van der Waals surface area contributed by atoms with Gasteiger partial charge in [-0.15, -0.1) is 0 Å². The van der Waals surface area contributed by atoms with Crippen molar-refractivity contribution in [2.24, 2.45) is 5.73 Å². The summed E-state index contributed by atoms with van der Waals surface area (Å²) < 4.78 is 1.83. The van der Waals surface area contributed by atoms with Crippen molar-refractivity contribution in [2.75, 3.05) is 20.1 Å². The molecule has 1 unspecified atom stereocenters. The molecule has 1 aliphatic rings. The number of nitrogens with zero attached hydrogens (tertiary/aromatic N) is 4. The summed E-state index contributed by atoms with van der Waals surface area (Å²) in [5.74, 6) is -0.120. The first-order valence-corrected chi connectivity index (χ1v) is 9.35. The predicted molar refractivity (Wildman–Crippen MR) is 108 cm³/mol. The molecule has 0 radical (unpaired) electrons. The third-order valence-electron chi connectivity index (χ3n) is 5.15. The zero-order valence-electron chi connectivity index (χ0n) is 15.9. The number of likely N-dealkylation sites (N-methyl/N-ethyl adjacent to an activating group) is 1. The van der Waals surface area contributed by atoms with Crippen molar-refractivity contribution >= 4 is 5.91 Å². The van der Waals surface area contributed by atoms with Gasteiger partial charge in [0.15, 0.2) is 0 Å². The number of para-hydroxylation sites is 1. The van der Waals surface area contributed by atoms with Crippen LogP contribution in [0, 0.1) is 0 Å². The normalized spacial score (nSPS) is 19.6. The molecule has 1 amide bonds. The van der Waals surface area contributed by atoms with Crippen LogP contribution in [0.3, 0.4) is 0 Å². The fourth-order valence-electron chi connectivity index (χ4n) is 3.57. The fourth-order valence-corrected chi connectivity index (χ4v) is 3.57. The molecule has 0 saturated carbocycles. The number of hydrogen-bond acceptors (Lipinski definition) is 5. The topological polar surface area (TPSA) is 89.1 Å². The molecule has 7 heteroatoms. The fraction of sp³-hybridized carbons (Fsp3) is 0.286. The number of benzene rings is 1. The smallest absolute Gasteiger partial charge is 0.241 e. The van der Waals surface area contributed by atoms with Gasteiger partial charge in [0.25, 0.3) is 0 Å². The molecule has 2 aromatic heterocycles. The predicted octanol–water partition coefficient (Wildman–Crippen LogP) is 1.58. The lowest BCUT2D eigenvalue weighted by Gasteiger charge is -2.22. The molecule has 28 heavy (non-hydrogen) atoms. The van der Waals surface area contributed by atoms with E-state index in [-0.39, 0.29) is 5.91 Å². The number of aromatic nitrogens is 3. The summed E-state index contributed by atoms with van der Waals surface area (Å²) in [6.07, 6.45) is 6.09. The van der Waals surface area contributed by atoms with Gasteiger partial charge >= 0.3 is 0 Å². The van der Waals surface area contributed by atoms with Gasteiger partial charge < -0.3 is 16.0 Å². The van der Waals surface area contributed by atoms with E-state index in [1.54, 1.807) is 12.4 Å². The lowest BCUT2D eigenvalue weighted by atomic mass is 9.99. The standard InChI is InChI=1S/C21H24N6O/c1-26-12-9-21(22,15-26)20(28)24-13-17-14-27(18-5-3-2-4-6-18)25-19(17)16-7-10-23-11-8-16/h2-8,10-11,14H,9,12-13,15,22H2,1H3,(H,24,28). The van der Waals surface area contributed by atoms with E-state index in [1.807, 2.05) is 60.4 Å². The van der Waals surface area contributed by atoms with E-state index in [2.05, 4.69) is 15.2 Å². The summed E-state index contributed by atoms with van der Waals surface area (Å²) in [5, 5.41) is 7.77. The molecule has 1 saturated heterocycles. The van der Waals surface area contributed by atoms with Gasteiger partial charge in [0.2, 0.25) is 5.91 Å². The van der Waals surface area contributed by atoms with Crippen molar-refractivity contribution in [1.29, 1.82) is 0 Å². The quantitative estimate of drug-likeness (QED) is 0.706. The number of hydrogen-bond donors (Lipinski definition) is 2. The van der Waals surface area contributed by atoms with Crippen LogP contribution in [-0.2, 0) is 11.3 Å². The van der Waals surface area contributed by atoms with Crippen molar-refractivity contribution < 1.29 is 4.79 Å². The highest BCUT2D eigenvalue weighted by Gasteiger charge is 2.39. The minimum atomic E-state index is -0.832. The Labute approximate surface area is 164 Å². The lowest BCUT2D eigenvalue weighted by molar-refractivity contribution is -0.126. The molecule has 4 rings (SSSR count). The summed E-state index contributed by atoms with van der Waals surface area (Å²) in [6, 6.07) is 13.7. The molecule has 7 nitrogen and oxygen atoms in total. The van der Waals surface area contributed by atoms with E-state index in [1.165, 1.54) is 0 Å². The Morgan fingerprint density at radius 2 is 1.96 bits per heavy atom. The van der Waals surface area contributed by atoms with Crippen molar-refractivity contribution in [2.45, 2.75) is 18.5 Å². The van der Waals surface area contributed by atoms with Gasteiger partial charge in [-0.1, -0.05) is 18.2 Å². The monoisotopic (exact) mass is 376 g/mol. The van der Waals surface area contributed by atoms with Crippen LogP contribution < -0.4 is 11.1 Å². The Kier molecular flexibility index (Phi) is 4.93. The van der Waals surface area contributed by atoms with Gasteiger partial charge in [0.1, 0.15) is 5.54 Å². The number of amides is 1. The first kappa shape index (κ1) is 18.3. The number of nitrogens with two attached hydrogens (primary N) is 1.